The standard InChI is InChI=1S/C17H16ClN3O3/c1-24-15-7-3-5-13(9-15)17(23)19-11-16(22)21-20-10-12-4-2-6-14(18)8-12/h2-10H,11H2,1H3,(H,19,23)(H,21,22). The zero-order valence-electron chi connectivity index (χ0n) is 13.0. The predicted molar refractivity (Wildman–Crippen MR) is 92.5 cm³/mol. The fourth-order valence-electron chi connectivity index (χ4n) is 1.83. The topological polar surface area (TPSA) is 79.8 Å². The quantitative estimate of drug-likeness (QED) is 0.622. The van der Waals surface area contributed by atoms with Crippen molar-refractivity contribution in [3.05, 3.63) is 64.7 Å². The van der Waals surface area contributed by atoms with E-state index < -0.39 is 5.91 Å². The molecule has 24 heavy (non-hydrogen) atoms. The lowest BCUT2D eigenvalue weighted by Gasteiger charge is -2.05. The van der Waals surface area contributed by atoms with E-state index in [4.69, 9.17) is 16.3 Å². The molecule has 2 aromatic rings. The van der Waals surface area contributed by atoms with Crippen LogP contribution in [0, 0.1) is 0 Å². The van der Waals surface area contributed by atoms with Crippen LogP contribution in [0.15, 0.2) is 53.6 Å². The molecule has 0 aliphatic rings. The number of hydrazone groups is 1. The van der Waals surface area contributed by atoms with Gasteiger partial charge in [-0.15, -0.1) is 0 Å². The minimum atomic E-state index is -0.440. The SMILES string of the molecule is COc1cccc(C(=O)NCC(=O)NN=Cc2cccc(Cl)c2)c1. The third-order valence-corrected chi connectivity index (χ3v) is 3.23. The second-order valence-corrected chi connectivity index (χ2v) is 5.20. The summed E-state index contributed by atoms with van der Waals surface area (Å²) in [4.78, 5) is 23.6. The van der Waals surface area contributed by atoms with Gasteiger partial charge in [0.2, 0.25) is 0 Å². The molecule has 0 heterocycles. The van der Waals surface area contributed by atoms with Gasteiger partial charge in [-0.25, -0.2) is 5.43 Å². The second kappa shape index (κ2) is 8.69. The van der Waals surface area contributed by atoms with Gasteiger partial charge in [-0.2, -0.15) is 5.10 Å². The molecule has 0 saturated heterocycles. The van der Waals surface area contributed by atoms with E-state index in [1.807, 2.05) is 0 Å². The van der Waals surface area contributed by atoms with Gasteiger partial charge >= 0.3 is 0 Å². The van der Waals surface area contributed by atoms with Gasteiger partial charge in [0.15, 0.2) is 0 Å². The number of methoxy groups -OCH3 is 1. The van der Waals surface area contributed by atoms with E-state index in [-0.39, 0.29) is 12.5 Å². The van der Waals surface area contributed by atoms with Crippen LogP contribution in [-0.2, 0) is 4.79 Å². The second-order valence-electron chi connectivity index (χ2n) is 4.76. The fraction of sp³-hybridized carbons (Fsp3) is 0.118. The van der Waals surface area contributed by atoms with Crippen LogP contribution in [0.1, 0.15) is 15.9 Å². The molecule has 0 atom stereocenters. The van der Waals surface area contributed by atoms with Gasteiger partial charge in [0.05, 0.1) is 19.9 Å². The zero-order chi connectivity index (χ0) is 17.4. The number of ether oxygens (including phenoxy) is 1. The molecule has 0 aliphatic heterocycles. The Morgan fingerprint density at radius 1 is 1.21 bits per heavy atom. The Hall–Kier alpha value is -2.86. The fourth-order valence-corrected chi connectivity index (χ4v) is 2.03. The first-order valence-corrected chi connectivity index (χ1v) is 7.46. The van der Waals surface area contributed by atoms with Crippen LogP contribution in [0.25, 0.3) is 0 Å². The maximum Gasteiger partial charge on any atom is 0.259 e. The smallest absolute Gasteiger partial charge is 0.259 e. The van der Waals surface area contributed by atoms with Crippen molar-refractivity contribution in [1.29, 1.82) is 0 Å². The maximum atomic E-state index is 12.0. The third-order valence-electron chi connectivity index (χ3n) is 2.99. The zero-order valence-corrected chi connectivity index (χ0v) is 13.7. The summed E-state index contributed by atoms with van der Waals surface area (Å²) in [6.07, 6.45) is 1.47. The van der Waals surface area contributed by atoms with E-state index in [2.05, 4.69) is 15.8 Å². The monoisotopic (exact) mass is 345 g/mol. The Morgan fingerprint density at radius 2 is 2.00 bits per heavy atom. The summed E-state index contributed by atoms with van der Waals surface area (Å²) in [5.74, 6) is -0.245. The number of benzene rings is 2. The molecular weight excluding hydrogens is 330 g/mol. The Morgan fingerprint density at radius 3 is 2.75 bits per heavy atom. The number of carbonyl (C=O) groups excluding carboxylic acids is 2. The number of amides is 2. The van der Waals surface area contributed by atoms with Gasteiger partial charge in [0, 0.05) is 10.6 Å². The van der Waals surface area contributed by atoms with Gasteiger partial charge < -0.3 is 10.1 Å². The van der Waals surface area contributed by atoms with Crippen molar-refractivity contribution in [3.8, 4) is 5.75 Å². The first-order valence-electron chi connectivity index (χ1n) is 7.08. The van der Waals surface area contributed by atoms with Crippen LogP contribution >= 0.6 is 11.6 Å². The summed E-state index contributed by atoms with van der Waals surface area (Å²) in [6, 6.07) is 13.7. The van der Waals surface area contributed by atoms with Crippen molar-refractivity contribution in [3.63, 3.8) is 0 Å². The molecule has 124 valence electrons. The molecule has 2 rings (SSSR count). The highest BCUT2D eigenvalue weighted by Crippen LogP contribution is 2.12. The molecule has 0 aromatic heterocycles. The van der Waals surface area contributed by atoms with Gasteiger partial charge in [0.1, 0.15) is 5.75 Å². The highest BCUT2D eigenvalue weighted by atomic mass is 35.5. The third kappa shape index (κ3) is 5.40. The largest absolute Gasteiger partial charge is 0.497 e. The Labute approximate surface area is 144 Å². The van der Waals surface area contributed by atoms with Gasteiger partial charge in [-0.05, 0) is 35.9 Å². The molecule has 0 aliphatic carbocycles. The lowest BCUT2D eigenvalue weighted by molar-refractivity contribution is -0.120. The van der Waals surface area contributed by atoms with Crippen molar-refractivity contribution in [1.82, 2.24) is 10.7 Å². The van der Waals surface area contributed by atoms with Gasteiger partial charge in [0.25, 0.3) is 11.8 Å². The molecule has 2 aromatic carbocycles. The molecule has 6 nitrogen and oxygen atoms in total. The summed E-state index contributed by atoms with van der Waals surface area (Å²) in [7, 11) is 1.52. The number of halogens is 1. The average Bonchev–Trinajstić information content (AvgIpc) is 2.60. The average molecular weight is 346 g/mol. The normalized spacial score (nSPS) is 10.4. The van der Waals surface area contributed by atoms with Crippen molar-refractivity contribution < 1.29 is 14.3 Å². The maximum absolute atomic E-state index is 12.0. The van der Waals surface area contributed by atoms with Crippen LogP contribution in [0.5, 0.6) is 5.75 Å². The summed E-state index contributed by atoms with van der Waals surface area (Å²) >= 11 is 5.85. The van der Waals surface area contributed by atoms with Crippen LogP contribution < -0.4 is 15.5 Å². The molecule has 0 saturated carbocycles. The van der Waals surface area contributed by atoms with E-state index in [1.54, 1.807) is 48.5 Å². The Kier molecular flexibility index (Phi) is 6.33. The molecule has 0 fully saturated rings. The highest BCUT2D eigenvalue weighted by Gasteiger charge is 2.08. The summed E-state index contributed by atoms with van der Waals surface area (Å²) in [5, 5.41) is 6.89. The number of nitrogens with zero attached hydrogens (tertiary/aromatic N) is 1. The molecule has 0 spiro atoms. The van der Waals surface area contributed by atoms with Crippen molar-refractivity contribution in [2.24, 2.45) is 5.10 Å². The lowest BCUT2D eigenvalue weighted by atomic mass is 10.2. The summed E-state index contributed by atoms with van der Waals surface area (Å²) in [5.41, 5.74) is 3.49. The number of hydrogen-bond donors (Lipinski definition) is 2. The highest BCUT2D eigenvalue weighted by molar-refractivity contribution is 6.30. The minimum absolute atomic E-state index is 0.192. The van der Waals surface area contributed by atoms with Gasteiger partial charge in [-0.3, -0.25) is 9.59 Å². The van der Waals surface area contributed by atoms with E-state index in [0.29, 0.717) is 16.3 Å². The van der Waals surface area contributed by atoms with Crippen molar-refractivity contribution in [2.45, 2.75) is 0 Å². The summed E-state index contributed by atoms with van der Waals surface area (Å²) in [6.45, 7) is -0.192. The number of nitrogens with one attached hydrogen (secondary N) is 2. The molecular formula is C17H16ClN3O3. The van der Waals surface area contributed by atoms with Crippen LogP contribution in [0.3, 0.4) is 0 Å². The van der Waals surface area contributed by atoms with E-state index in [1.165, 1.54) is 13.3 Å². The first kappa shape index (κ1) is 17.5. The minimum Gasteiger partial charge on any atom is -0.497 e. The number of rotatable bonds is 6. The number of carbonyl (C=O) groups is 2. The summed E-state index contributed by atoms with van der Waals surface area (Å²) < 4.78 is 5.05. The first-order chi connectivity index (χ1) is 11.6. The van der Waals surface area contributed by atoms with E-state index in [9.17, 15) is 9.59 Å². The molecule has 0 unspecified atom stereocenters. The van der Waals surface area contributed by atoms with Crippen molar-refractivity contribution >= 4 is 29.6 Å². The van der Waals surface area contributed by atoms with Crippen molar-refractivity contribution in [2.75, 3.05) is 13.7 Å². The Bertz CT molecular complexity index is 762. The predicted octanol–water partition coefficient (Wildman–Crippen LogP) is 2.23. The molecule has 0 radical (unpaired) electrons. The molecule has 2 amide bonds. The van der Waals surface area contributed by atoms with Gasteiger partial charge in [-0.1, -0.05) is 29.8 Å². The molecule has 7 heteroatoms. The molecule has 2 N–H and O–H groups in total. The van der Waals surface area contributed by atoms with E-state index >= 15 is 0 Å². The van der Waals surface area contributed by atoms with Crippen LogP contribution in [0.4, 0.5) is 0 Å². The Balaban J connectivity index is 1.81. The lowest BCUT2D eigenvalue weighted by Crippen LogP contribution is -2.34. The van der Waals surface area contributed by atoms with E-state index in [0.717, 1.165) is 5.56 Å². The number of hydrogen-bond acceptors (Lipinski definition) is 4. The van der Waals surface area contributed by atoms with Crippen LogP contribution in [-0.4, -0.2) is 31.7 Å². The van der Waals surface area contributed by atoms with Crippen LogP contribution in [0.2, 0.25) is 5.02 Å². The molecule has 0 bridgehead atoms.